The van der Waals surface area contributed by atoms with E-state index in [-0.39, 0.29) is 4.90 Å². The van der Waals surface area contributed by atoms with E-state index in [0.717, 1.165) is 25.9 Å². The van der Waals surface area contributed by atoms with E-state index in [1.54, 1.807) is 16.4 Å². The number of piperidine rings is 1. The monoisotopic (exact) mass is 307 g/mol. The second-order valence-corrected chi connectivity index (χ2v) is 7.22. The minimum atomic E-state index is -3.47. The van der Waals surface area contributed by atoms with E-state index in [2.05, 4.69) is 5.32 Å². The third-order valence-corrected chi connectivity index (χ3v) is 5.85. The maximum absolute atomic E-state index is 12.7. The first-order chi connectivity index (χ1) is 10.1. The molecule has 0 bridgehead atoms. The van der Waals surface area contributed by atoms with E-state index in [4.69, 9.17) is 5.26 Å². The van der Waals surface area contributed by atoms with Crippen molar-refractivity contribution in [3.63, 3.8) is 0 Å². The molecule has 0 unspecified atom stereocenters. The van der Waals surface area contributed by atoms with Crippen molar-refractivity contribution in [2.45, 2.75) is 24.7 Å². The van der Waals surface area contributed by atoms with E-state index >= 15 is 0 Å². The molecule has 6 heteroatoms. The van der Waals surface area contributed by atoms with Crippen molar-refractivity contribution in [2.75, 3.05) is 26.2 Å². The molecule has 5 nitrogen and oxygen atoms in total. The molecule has 1 aliphatic rings. The quantitative estimate of drug-likeness (QED) is 0.896. The van der Waals surface area contributed by atoms with Crippen molar-refractivity contribution < 1.29 is 8.42 Å². The highest BCUT2D eigenvalue weighted by Crippen LogP contribution is 2.20. The Morgan fingerprint density at radius 1 is 1.29 bits per heavy atom. The highest BCUT2D eigenvalue weighted by Gasteiger charge is 2.26. The van der Waals surface area contributed by atoms with Crippen molar-refractivity contribution in [3.8, 4) is 6.07 Å². The maximum Gasteiger partial charge on any atom is 0.243 e. The van der Waals surface area contributed by atoms with Crippen LogP contribution in [0.5, 0.6) is 0 Å². The van der Waals surface area contributed by atoms with Gasteiger partial charge in [-0.05, 0) is 56.1 Å². The summed E-state index contributed by atoms with van der Waals surface area (Å²) in [6.07, 6.45) is 2.03. The van der Waals surface area contributed by atoms with Gasteiger partial charge < -0.3 is 5.32 Å². The fourth-order valence-corrected chi connectivity index (χ4v) is 4.13. The first-order valence-electron chi connectivity index (χ1n) is 7.29. The summed E-state index contributed by atoms with van der Waals surface area (Å²) >= 11 is 0. The highest BCUT2D eigenvalue weighted by atomic mass is 32.2. The highest BCUT2D eigenvalue weighted by molar-refractivity contribution is 7.89. The smallest absolute Gasteiger partial charge is 0.243 e. The predicted molar refractivity (Wildman–Crippen MR) is 81.2 cm³/mol. The van der Waals surface area contributed by atoms with Crippen LogP contribution in [-0.2, 0) is 10.0 Å². The summed E-state index contributed by atoms with van der Waals surface area (Å²) in [5.41, 5.74) is 0.468. The lowest BCUT2D eigenvalue weighted by molar-refractivity contribution is 0.294. The van der Waals surface area contributed by atoms with E-state index in [1.165, 1.54) is 12.1 Å². The lowest BCUT2D eigenvalue weighted by Gasteiger charge is -2.28. The minimum absolute atomic E-state index is 0.261. The van der Waals surface area contributed by atoms with Gasteiger partial charge in [-0.15, -0.1) is 0 Å². The zero-order chi connectivity index (χ0) is 15.3. The van der Waals surface area contributed by atoms with Crippen LogP contribution in [0.15, 0.2) is 29.2 Å². The number of nitrogens with one attached hydrogen (secondary N) is 1. The van der Waals surface area contributed by atoms with Crippen LogP contribution in [0.4, 0.5) is 0 Å². The summed E-state index contributed by atoms with van der Waals surface area (Å²) in [4.78, 5) is 0.261. The second kappa shape index (κ2) is 7.03. The molecule has 1 fully saturated rings. The van der Waals surface area contributed by atoms with Gasteiger partial charge in [-0.2, -0.15) is 9.57 Å². The molecule has 0 radical (unpaired) electrons. The molecule has 0 spiro atoms. The van der Waals surface area contributed by atoms with E-state index in [9.17, 15) is 8.42 Å². The molecule has 0 saturated carbocycles. The summed E-state index contributed by atoms with van der Waals surface area (Å²) in [6.45, 7) is 4.81. The van der Waals surface area contributed by atoms with Crippen LogP contribution >= 0.6 is 0 Å². The summed E-state index contributed by atoms with van der Waals surface area (Å²) in [5, 5.41) is 12.1. The molecule has 2 rings (SSSR count). The van der Waals surface area contributed by atoms with Gasteiger partial charge in [-0.25, -0.2) is 8.42 Å². The Hall–Kier alpha value is -1.42. The van der Waals surface area contributed by atoms with Crippen LogP contribution in [0, 0.1) is 17.2 Å². The predicted octanol–water partition coefficient (Wildman–Crippen LogP) is 1.57. The Balaban J connectivity index is 2.16. The fraction of sp³-hybridized carbons (Fsp3) is 0.533. The number of nitrogens with zero attached hydrogens (tertiary/aromatic N) is 2. The third-order valence-electron chi connectivity index (χ3n) is 3.89. The van der Waals surface area contributed by atoms with Crippen LogP contribution in [0.1, 0.15) is 25.3 Å². The van der Waals surface area contributed by atoms with Crippen molar-refractivity contribution in [2.24, 2.45) is 5.92 Å². The molecule has 0 aliphatic carbocycles. The Bertz CT molecular complexity index is 599. The van der Waals surface area contributed by atoms with Gasteiger partial charge in [0.15, 0.2) is 0 Å². The van der Waals surface area contributed by atoms with Crippen LogP contribution in [0.2, 0.25) is 0 Å². The van der Waals surface area contributed by atoms with Crippen molar-refractivity contribution in [1.82, 2.24) is 9.62 Å². The molecular formula is C15H21N3O2S. The van der Waals surface area contributed by atoms with Gasteiger partial charge in [0.2, 0.25) is 10.0 Å². The van der Waals surface area contributed by atoms with Gasteiger partial charge in [-0.1, -0.05) is 6.92 Å². The fourth-order valence-electron chi connectivity index (χ4n) is 2.60. The van der Waals surface area contributed by atoms with Crippen molar-refractivity contribution in [3.05, 3.63) is 29.8 Å². The largest absolute Gasteiger partial charge is 0.317 e. The summed E-state index contributed by atoms with van der Waals surface area (Å²) in [5.74, 6) is 0.416. The summed E-state index contributed by atoms with van der Waals surface area (Å²) < 4.78 is 26.9. The van der Waals surface area contributed by atoms with Crippen molar-refractivity contribution in [1.29, 1.82) is 5.26 Å². The number of benzene rings is 1. The van der Waals surface area contributed by atoms with Crippen LogP contribution in [0.3, 0.4) is 0 Å². The zero-order valence-electron chi connectivity index (χ0n) is 12.2. The van der Waals surface area contributed by atoms with Crippen LogP contribution in [-0.4, -0.2) is 38.9 Å². The maximum atomic E-state index is 12.7. The Kier molecular flexibility index (Phi) is 5.34. The number of hydrogen-bond acceptors (Lipinski definition) is 4. The second-order valence-electron chi connectivity index (χ2n) is 5.29. The van der Waals surface area contributed by atoms with E-state index in [1.807, 2.05) is 13.0 Å². The third kappa shape index (κ3) is 3.82. The lowest BCUT2D eigenvalue weighted by Crippen LogP contribution is -2.39. The Labute approximate surface area is 126 Å². The molecule has 0 amide bonds. The van der Waals surface area contributed by atoms with E-state index < -0.39 is 10.0 Å². The van der Waals surface area contributed by atoms with Crippen LogP contribution in [0.25, 0.3) is 0 Å². The van der Waals surface area contributed by atoms with Gasteiger partial charge in [0.05, 0.1) is 16.5 Å². The van der Waals surface area contributed by atoms with Gasteiger partial charge in [0, 0.05) is 13.1 Å². The van der Waals surface area contributed by atoms with Gasteiger partial charge in [0.25, 0.3) is 0 Å². The van der Waals surface area contributed by atoms with Gasteiger partial charge in [-0.3, -0.25) is 0 Å². The molecule has 0 aromatic heterocycles. The molecule has 21 heavy (non-hydrogen) atoms. The molecule has 1 aliphatic heterocycles. The van der Waals surface area contributed by atoms with Crippen molar-refractivity contribution >= 4 is 10.0 Å². The minimum Gasteiger partial charge on any atom is -0.317 e. The first kappa shape index (κ1) is 16.0. The summed E-state index contributed by atoms with van der Waals surface area (Å²) in [7, 11) is -3.47. The molecule has 0 atom stereocenters. The number of hydrogen-bond donors (Lipinski definition) is 1. The average Bonchev–Trinajstić information content (AvgIpc) is 2.53. The molecule has 1 aromatic rings. The molecular weight excluding hydrogens is 286 g/mol. The van der Waals surface area contributed by atoms with E-state index in [0.29, 0.717) is 24.6 Å². The van der Waals surface area contributed by atoms with Gasteiger partial charge >= 0.3 is 0 Å². The Morgan fingerprint density at radius 3 is 2.43 bits per heavy atom. The van der Waals surface area contributed by atoms with Gasteiger partial charge in [0.1, 0.15) is 0 Å². The average molecular weight is 307 g/mol. The summed E-state index contributed by atoms with van der Waals surface area (Å²) in [6, 6.07) is 8.12. The van der Waals surface area contributed by atoms with Crippen LogP contribution < -0.4 is 5.32 Å². The zero-order valence-corrected chi connectivity index (χ0v) is 13.1. The molecule has 1 N–H and O–H groups in total. The number of nitriles is 1. The standard InChI is InChI=1S/C15H21N3O2S/c1-2-18(12-14-7-9-17-10-8-14)21(19,20)15-5-3-13(11-16)4-6-15/h3-6,14,17H,2,7-10,12H2,1H3. The normalized spacial score (nSPS) is 16.8. The molecule has 1 saturated heterocycles. The molecule has 114 valence electrons. The number of rotatable bonds is 5. The molecule has 1 aromatic carbocycles. The molecule has 1 heterocycles. The number of sulfonamides is 1. The SMILES string of the molecule is CCN(CC1CCNCC1)S(=O)(=O)c1ccc(C#N)cc1. The topological polar surface area (TPSA) is 73.2 Å². The lowest BCUT2D eigenvalue weighted by atomic mass is 9.98. The Morgan fingerprint density at radius 2 is 1.90 bits per heavy atom. The first-order valence-corrected chi connectivity index (χ1v) is 8.73.